The number of carbonyl (C=O) groups is 1. The summed E-state index contributed by atoms with van der Waals surface area (Å²) in [5, 5.41) is 23.1. The lowest BCUT2D eigenvalue weighted by Gasteiger charge is -2.25. The van der Waals surface area contributed by atoms with Crippen LogP contribution in [0.2, 0.25) is 0 Å². The van der Waals surface area contributed by atoms with Gasteiger partial charge in [0.25, 0.3) is 10.0 Å². The largest absolute Gasteiger partial charge is 0.478 e. The van der Waals surface area contributed by atoms with Crippen LogP contribution in [-0.2, 0) is 22.7 Å². The standard InChI is InChI=1S/C29H20F3N3O4S.2H3NO/c30-29(31,32)23-11-8-22-15-25(28(36)37)27(34-26(22)16-23)35(18-19-5-4-14-33-17-19)40(38,39)24-12-9-21(10-13-24)20-6-2-1-3-7-20;2*1-2/h1-17H,18H2,(H,36,37);2*2H,1H2. The third-order valence-corrected chi connectivity index (χ3v) is 7.94. The summed E-state index contributed by atoms with van der Waals surface area (Å²) in [6.07, 6.45) is -1.78. The molecule has 7 N–H and O–H groups in total. The summed E-state index contributed by atoms with van der Waals surface area (Å²) in [4.78, 5) is 20.3. The van der Waals surface area contributed by atoms with Gasteiger partial charge in [-0.15, -0.1) is 0 Å². The monoisotopic (exact) mass is 629 g/mol. The molecule has 0 fully saturated rings. The van der Waals surface area contributed by atoms with Crippen molar-refractivity contribution in [2.45, 2.75) is 17.6 Å². The van der Waals surface area contributed by atoms with Gasteiger partial charge in [-0.1, -0.05) is 54.6 Å². The van der Waals surface area contributed by atoms with Crippen LogP contribution in [-0.4, -0.2) is 39.9 Å². The Morgan fingerprint density at radius 3 is 2.05 bits per heavy atom. The second-order valence-electron chi connectivity index (χ2n) is 8.83. The maximum Gasteiger partial charge on any atom is 0.416 e. The summed E-state index contributed by atoms with van der Waals surface area (Å²) >= 11 is 0. The van der Waals surface area contributed by atoms with Crippen molar-refractivity contribution in [3.05, 3.63) is 120 Å². The van der Waals surface area contributed by atoms with E-state index in [1.807, 2.05) is 30.3 Å². The highest BCUT2D eigenvalue weighted by Gasteiger charge is 2.33. The number of benzene rings is 3. The summed E-state index contributed by atoms with van der Waals surface area (Å²) in [6.45, 7) is -0.367. The number of sulfonamides is 1. The lowest BCUT2D eigenvalue weighted by molar-refractivity contribution is -0.137. The van der Waals surface area contributed by atoms with Crippen LogP contribution in [0.25, 0.3) is 22.0 Å². The fourth-order valence-corrected chi connectivity index (χ4v) is 5.61. The molecule has 44 heavy (non-hydrogen) atoms. The molecule has 0 spiro atoms. The molecule has 5 aromatic rings. The molecular formula is C29H26F3N5O6S. The van der Waals surface area contributed by atoms with Crippen molar-refractivity contribution >= 4 is 32.7 Å². The number of aromatic carboxylic acids is 1. The lowest BCUT2D eigenvalue weighted by atomic mass is 10.1. The third-order valence-electron chi connectivity index (χ3n) is 6.19. The minimum absolute atomic E-state index is 0.111. The van der Waals surface area contributed by atoms with Gasteiger partial charge >= 0.3 is 12.1 Å². The Balaban J connectivity index is 0.00000127. The fraction of sp³-hybridized carbons (Fsp3) is 0.0690. The van der Waals surface area contributed by atoms with Gasteiger partial charge < -0.3 is 15.5 Å². The predicted molar refractivity (Wildman–Crippen MR) is 155 cm³/mol. The van der Waals surface area contributed by atoms with E-state index >= 15 is 0 Å². The van der Waals surface area contributed by atoms with Crippen molar-refractivity contribution in [2.24, 2.45) is 11.8 Å². The van der Waals surface area contributed by atoms with E-state index in [-0.39, 0.29) is 22.3 Å². The average molecular weight is 630 g/mol. The van der Waals surface area contributed by atoms with E-state index in [1.165, 1.54) is 24.5 Å². The molecule has 0 radical (unpaired) electrons. The van der Waals surface area contributed by atoms with Crippen LogP contribution in [0.5, 0.6) is 0 Å². The van der Waals surface area contributed by atoms with Crippen molar-refractivity contribution in [2.75, 3.05) is 4.31 Å². The number of nitrogens with zero attached hydrogens (tertiary/aromatic N) is 3. The molecule has 0 aliphatic heterocycles. The van der Waals surface area contributed by atoms with Crippen molar-refractivity contribution < 1.29 is 41.9 Å². The molecule has 0 saturated carbocycles. The summed E-state index contributed by atoms with van der Waals surface area (Å²) in [6, 6.07) is 22.2. The first-order chi connectivity index (χ1) is 21.0. The molecule has 11 nitrogen and oxygen atoms in total. The number of hydrogen-bond donors (Lipinski definition) is 5. The number of rotatable bonds is 7. The highest BCUT2D eigenvalue weighted by atomic mass is 32.2. The number of carboxylic acid groups (broad SMARTS) is 1. The van der Waals surface area contributed by atoms with Crippen LogP contribution < -0.4 is 16.1 Å². The van der Waals surface area contributed by atoms with Crippen molar-refractivity contribution in [3.8, 4) is 11.1 Å². The zero-order valence-corrected chi connectivity index (χ0v) is 23.4. The van der Waals surface area contributed by atoms with E-state index in [0.717, 1.165) is 39.7 Å². The van der Waals surface area contributed by atoms with E-state index in [4.69, 9.17) is 10.4 Å². The second kappa shape index (κ2) is 14.5. The molecule has 3 aromatic carbocycles. The van der Waals surface area contributed by atoms with Crippen LogP contribution in [0.4, 0.5) is 19.0 Å². The predicted octanol–water partition coefficient (Wildman–Crippen LogP) is 5.08. The maximum absolute atomic E-state index is 14.0. The van der Waals surface area contributed by atoms with E-state index < -0.39 is 39.1 Å². The molecule has 2 heterocycles. The molecule has 5 rings (SSSR count). The van der Waals surface area contributed by atoms with Gasteiger partial charge in [-0.2, -0.15) is 13.2 Å². The van der Waals surface area contributed by atoms with Crippen LogP contribution >= 0.6 is 0 Å². The Bertz CT molecular complexity index is 1810. The van der Waals surface area contributed by atoms with Crippen molar-refractivity contribution in [3.63, 3.8) is 0 Å². The van der Waals surface area contributed by atoms with Gasteiger partial charge in [0.05, 0.1) is 22.5 Å². The highest BCUT2D eigenvalue weighted by Crippen LogP contribution is 2.34. The summed E-state index contributed by atoms with van der Waals surface area (Å²) in [7, 11) is -4.46. The maximum atomic E-state index is 14.0. The first-order valence-electron chi connectivity index (χ1n) is 12.4. The Kier molecular flexibility index (Phi) is 11.1. The molecule has 0 aliphatic rings. The summed E-state index contributed by atoms with van der Waals surface area (Å²) < 4.78 is 69.0. The third kappa shape index (κ3) is 7.52. The van der Waals surface area contributed by atoms with Crippen LogP contribution in [0.3, 0.4) is 0 Å². The Morgan fingerprint density at radius 2 is 1.48 bits per heavy atom. The van der Waals surface area contributed by atoms with Crippen molar-refractivity contribution in [1.29, 1.82) is 0 Å². The Hall–Kier alpha value is -4.93. The molecule has 15 heteroatoms. The molecule has 0 saturated heterocycles. The molecule has 0 amide bonds. The van der Waals surface area contributed by atoms with Gasteiger partial charge in [0.1, 0.15) is 5.56 Å². The Morgan fingerprint density at radius 1 is 0.841 bits per heavy atom. The SMILES string of the molecule is NO.NO.O=C(O)c1cc2ccc(C(F)(F)F)cc2nc1N(Cc1cccnc1)S(=O)(=O)c1ccc(-c2ccccc2)cc1. The van der Waals surface area contributed by atoms with E-state index in [1.54, 1.807) is 24.3 Å². The molecule has 0 unspecified atom stereocenters. The van der Waals surface area contributed by atoms with Gasteiger partial charge in [0.15, 0.2) is 5.82 Å². The van der Waals surface area contributed by atoms with Gasteiger partial charge in [-0.05, 0) is 53.1 Å². The zero-order chi connectivity index (χ0) is 32.5. The number of fused-ring (bicyclic) bond motifs is 1. The number of alkyl halides is 3. The van der Waals surface area contributed by atoms with Gasteiger partial charge in [0, 0.05) is 17.8 Å². The minimum Gasteiger partial charge on any atom is -0.478 e. The fourth-order valence-electron chi connectivity index (χ4n) is 4.19. The number of pyridine rings is 2. The number of hydrogen-bond acceptors (Lipinski definition) is 9. The Labute approximate surface area is 249 Å². The molecule has 0 aliphatic carbocycles. The van der Waals surface area contributed by atoms with E-state index in [2.05, 4.69) is 21.8 Å². The van der Waals surface area contributed by atoms with E-state index in [0.29, 0.717) is 5.56 Å². The number of anilines is 1. The smallest absolute Gasteiger partial charge is 0.416 e. The van der Waals surface area contributed by atoms with E-state index in [9.17, 15) is 31.5 Å². The van der Waals surface area contributed by atoms with Crippen LogP contribution in [0, 0.1) is 0 Å². The highest BCUT2D eigenvalue weighted by molar-refractivity contribution is 7.92. The summed E-state index contributed by atoms with van der Waals surface area (Å²) in [5.41, 5.74) is 0.340. The molecular weight excluding hydrogens is 603 g/mol. The van der Waals surface area contributed by atoms with Gasteiger partial charge in [0.2, 0.25) is 0 Å². The normalized spacial score (nSPS) is 11.1. The summed E-state index contributed by atoms with van der Waals surface area (Å²) in [5.74, 6) is 4.99. The first kappa shape index (κ1) is 33.6. The number of carboxylic acids is 1. The molecule has 2 aromatic heterocycles. The molecule has 0 atom stereocenters. The zero-order valence-electron chi connectivity index (χ0n) is 22.6. The lowest BCUT2D eigenvalue weighted by Crippen LogP contribution is -2.33. The number of halogens is 3. The quantitative estimate of drug-likeness (QED) is 0.152. The van der Waals surface area contributed by atoms with Gasteiger partial charge in [-0.25, -0.2) is 34.3 Å². The minimum atomic E-state index is -4.68. The van der Waals surface area contributed by atoms with Gasteiger partial charge in [-0.3, -0.25) is 4.98 Å². The number of nitrogens with two attached hydrogens (primary N) is 2. The van der Waals surface area contributed by atoms with Crippen molar-refractivity contribution in [1.82, 2.24) is 9.97 Å². The second-order valence-corrected chi connectivity index (χ2v) is 10.7. The van der Waals surface area contributed by atoms with Crippen LogP contribution in [0.15, 0.2) is 108 Å². The van der Waals surface area contributed by atoms with Crippen LogP contribution in [0.1, 0.15) is 21.5 Å². The molecule has 230 valence electrons. The number of aromatic nitrogens is 2. The molecule has 0 bridgehead atoms. The average Bonchev–Trinajstić information content (AvgIpc) is 3.05. The first-order valence-corrected chi connectivity index (χ1v) is 13.8. The topological polar surface area (TPSA) is 193 Å².